The number of fused-ring (bicyclic) bond motifs is 1. The van der Waals surface area contributed by atoms with Crippen LogP contribution >= 0.6 is 0 Å². The molecule has 3 nitrogen and oxygen atoms in total. The lowest BCUT2D eigenvalue weighted by atomic mass is 10.0. The smallest absolute Gasteiger partial charge is 0.222 e. The molecular formula is C19H23NO2. The Morgan fingerprint density at radius 2 is 2.00 bits per heavy atom. The molecule has 0 spiro atoms. The molecule has 2 aromatic carbocycles. The monoisotopic (exact) mass is 297 g/mol. The third-order valence-electron chi connectivity index (χ3n) is 4.42. The molecule has 1 unspecified atom stereocenters. The van der Waals surface area contributed by atoms with E-state index in [2.05, 4.69) is 36.4 Å². The molecule has 22 heavy (non-hydrogen) atoms. The van der Waals surface area contributed by atoms with E-state index in [1.165, 1.54) is 16.3 Å². The van der Waals surface area contributed by atoms with Crippen LogP contribution in [0.15, 0.2) is 42.5 Å². The summed E-state index contributed by atoms with van der Waals surface area (Å²) in [6, 6.07) is 14.9. The van der Waals surface area contributed by atoms with Gasteiger partial charge in [-0.05, 0) is 42.0 Å². The van der Waals surface area contributed by atoms with E-state index in [1.54, 1.807) is 0 Å². The van der Waals surface area contributed by atoms with Crippen LogP contribution in [0.2, 0.25) is 0 Å². The van der Waals surface area contributed by atoms with Crippen molar-refractivity contribution in [3.8, 4) is 0 Å². The van der Waals surface area contributed by atoms with Crippen molar-refractivity contribution in [2.45, 2.75) is 38.2 Å². The SMILES string of the molecule is O=C(CCCc1ccc2ccccc2c1)N1CCCC(O)C1. The van der Waals surface area contributed by atoms with Gasteiger partial charge in [-0.25, -0.2) is 0 Å². The van der Waals surface area contributed by atoms with Gasteiger partial charge >= 0.3 is 0 Å². The van der Waals surface area contributed by atoms with Crippen LogP contribution in [0.4, 0.5) is 0 Å². The summed E-state index contributed by atoms with van der Waals surface area (Å²) in [5, 5.41) is 12.1. The molecule has 1 saturated heterocycles. The summed E-state index contributed by atoms with van der Waals surface area (Å²) in [5.74, 6) is 0.180. The summed E-state index contributed by atoms with van der Waals surface area (Å²) < 4.78 is 0. The normalized spacial score (nSPS) is 18.6. The summed E-state index contributed by atoms with van der Waals surface area (Å²) in [7, 11) is 0. The molecule has 1 atom stereocenters. The van der Waals surface area contributed by atoms with E-state index in [0.29, 0.717) is 13.0 Å². The Balaban J connectivity index is 1.52. The fraction of sp³-hybridized carbons (Fsp3) is 0.421. The molecule has 0 radical (unpaired) electrons. The number of hydrogen-bond donors (Lipinski definition) is 1. The Hall–Kier alpha value is -1.87. The highest BCUT2D eigenvalue weighted by molar-refractivity contribution is 5.83. The summed E-state index contributed by atoms with van der Waals surface area (Å²) in [4.78, 5) is 14.0. The highest BCUT2D eigenvalue weighted by Crippen LogP contribution is 2.18. The number of carbonyl (C=O) groups excluding carboxylic acids is 1. The number of piperidine rings is 1. The minimum absolute atomic E-state index is 0.180. The van der Waals surface area contributed by atoms with Crippen LogP contribution < -0.4 is 0 Å². The van der Waals surface area contributed by atoms with Crippen molar-refractivity contribution >= 4 is 16.7 Å². The van der Waals surface area contributed by atoms with Crippen molar-refractivity contribution in [1.29, 1.82) is 0 Å². The van der Waals surface area contributed by atoms with E-state index < -0.39 is 0 Å². The standard InChI is InChI=1S/C19H23NO2/c21-18-8-4-12-20(14-18)19(22)9-3-5-15-10-11-16-6-1-2-7-17(16)13-15/h1-2,6-7,10-11,13,18,21H,3-5,8-9,12,14H2. The highest BCUT2D eigenvalue weighted by atomic mass is 16.3. The molecule has 1 aliphatic heterocycles. The van der Waals surface area contributed by atoms with E-state index in [9.17, 15) is 9.90 Å². The average molecular weight is 297 g/mol. The van der Waals surface area contributed by atoms with Crippen LogP contribution in [0.25, 0.3) is 10.8 Å². The fourth-order valence-electron chi connectivity index (χ4n) is 3.18. The third-order valence-corrected chi connectivity index (χ3v) is 4.42. The lowest BCUT2D eigenvalue weighted by Gasteiger charge is -2.30. The van der Waals surface area contributed by atoms with Crippen molar-refractivity contribution in [1.82, 2.24) is 4.90 Å². The predicted octanol–water partition coefficient (Wildman–Crippen LogP) is 3.15. The predicted molar refractivity (Wildman–Crippen MR) is 88.7 cm³/mol. The Labute approximate surface area is 131 Å². The van der Waals surface area contributed by atoms with Crippen molar-refractivity contribution in [3.05, 3.63) is 48.0 Å². The molecule has 1 N–H and O–H groups in total. The maximum Gasteiger partial charge on any atom is 0.222 e. The number of nitrogens with zero attached hydrogens (tertiary/aromatic N) is 1. The van der Waals surface area contributed by atoms with Gasteiger partial charge in [-0.15, -0.1) is 0 Å². The first-order chi connectivity index (χ1) is 10.7. The molecule has 1 heterocycles. The Morgan fingerprint density at radius 1 is 1.18 bits per heavy atom. The molecule has 2 aromatic rings. The van der Waals surface area contributed by atoms with Gasteiger partial charge in [0.15, 0.2) is 0 Å². The van der Waals surface area contributed by atoms with E-state index in [-0.39, 0.29) is 12.0 Å². The number of hydrogen-bond acceptors (Lipinski definition) is 2. The zero-order valence-electron chi connectivity index (χ0n) is 12.9. The van der Waals surface area contributed by atoms with Crippen LogP contribution in [-0.4, -0.2) is 35.1 Å². The summed E-state index contributed by atoms with van der Waals surface area (Å²) in [6.07, 6.45) is 3.76. The Morgan fingerprint density at radius 3 is 2.82 bits per heavy atom. The van der Waals surface area contributed by atoms with Crippen LogP contribution in [0.1, 0.15) is 31.2 Å². The third kappa shape index (κ3) is 3.66. The molecular weight excluding hydrogens is 274 g/mol. The summed E-state index contributed by atoms with van der Waals surface area (Å²) >= 11 is 0. The largest absolute Gasteiger partial charge is 0.391 e. The first-order valence-electron chi connectivity index (χ1n) is 8.16. The molecule has 3 heteroatoms. The van der Waals surface area contributed by atoms with Gasteiger partial charge in [0.2, 0.25) is 5.91 Å². The van der Waals surface area contributed by atoms with Gasteiger partial charge in [0.05, 0.1) is 6.10 Å². The van der Waals surface area contributed by atoms with Crippen molar-refractivity contribution < 1.29 is 9.90 Å². The fourth-order valence-corrected chi connectivity index (χ4v) is 3.18. The maximum absolute atomic E-state index is 12.2. The number of benzene rings is 2. The molecule has 0 aromatic heterocycles. The number of aliphatic hydroxyl groups is 1. The number of amides is 1. The minimum atomic E-state index is -0.335. The summed E-state index contributed by atoms with van der Waals surface area (Å²) in [6.45, 7) is 1.31. The molecule has 1 amide bonds. The molecule has 3 rings (SSSR count). The Kier molecular flexibility index (Phi) is 4.74. The van der Waals surface area contributed by atoms with Gasteiger partial charge < -0.3 is 10.0 Å². The quantitative estimate of drug-likeness (QED) is 0.942. The number of carbonyl (C=O) groups is 1. The van der Waals surface area contributed by atoms with Crippen LogP contribution in [0, 0.1) is 0 Å². The number of rotatable bonds is 4. The topological polar surface area (TPSA) is 40.5 Å². The molecule has 1 fully saturated rings. The number of likely N-dealkylation sites (tertiary alicyclic amines) is 1. The zero-order chi connectivity index (χ0) is 15.4. The van der Waals surface area contributed by atoms with Crippen molar-refractivity contribution in [3.63, 3.8) is 0 Å². The molecule has 0 bridgehead atoms. The first kappa shape index (κ1) is 15.0. The van der Waals surface area contributed by atoms with Gasteiger partial charge in [-0.2, -0.15) is 0 Å². The minimum Gasteiger partial charge on any atom is -0.391 e. The van der Waals surface area contributed by atoms with Gasteiger partial charge in [-0.1, -0.05) is 42.5 Å². The van der Waals surface area contributed by atoms with E-state index in [1.807, 2.05) is 11.0 Å². The van der Waals surface area contributed by atoms with Crippen molar-refractivity contribution in [2.75, 3.05) is 13.1 Å². The second kappa shape index (κ2) is 6.93. The van der Waals surface area contributed by atoms with Crippen LogP contribution in [0.5, 0.6) is 0 Å². The number of β-amino-alcohol motifs (C(OH)–C–C–N with tert-alkyl or cyclic N) is 1. The Bertz CT molecular complexity index is 653. The average Bonchev–Trinajstić information content (AvgIpc) is 2.54. The molecule has 0 aliphatic carbocycles. The van der Waals surface area contributed by atoms with Gasteiger partial charge in [0, 0.05) is 19.5 Å². The van der Waals surface area contributed by atoms with Crippen LogP contribution in [0.3, 0.4) is 0 Å². The maximum atomic E-state index is 12.2. The van der Waals surface area contributed by atoms with Gasteiger partial charge in [-0.3, -0.25) is 4.79 Å². The lowest BCUT2D eigenvalue weighted by molar-refractivity contribution is -0.134. The zero-order valence-corrected chi connectivity index (χ0v) is 12.9. The van der Waals surface area contributed by atoms with E-state index in [4.69, 9.17) is 0 Å². The van der Waals surface area contributed by atoms with E-state index >= 15 is 0 Å². The molecule has 116 valence electrons. The summed E-state index contributed by atoms with van der Waals surface area (Å²) in [5.41, 5.74) is 1.28. The second-order valence-electron chi connectivity index (χ2n) is 6.17. The molecule has 0 saturated carbocycles. The van der Waals surface area contributed by atoms with Crippen LogP contribution in [-0.2, 0) is 11.2 Å². The molecule has 1 aliphatic rings. The van der Waals surface area contributed by atoms with E-state index in [0.717, 1.165) is 32.2 Å². The number of aliphatic hydroxyl groups excluding tert-OH is 1. The van der Waals surface area contributed by atoms with Gasteiger partial charge in [0.25, 0.3) is 0 Å². The highest BCUT2D eigenvalue weighted by Gasteiger charge is 2.21. The van der Waals surface area contributed by atoms with Gasteiger partial charge in [0.1, 0.15) is 0 Å². The number of aryl methyl sites for hydroxylation is 1. The first-order valence-corrected chi connectivity index (χ1v) is 8.16. The second-order valence-corrected chi connectivity index (χ2v) is 6.17. The lowest BCUT2D eigenvalue weighted by Crippen LogP contribution is -2.42. The van der Waals surface area contributed by atoms with Crippen molar-refractivity contribution in [2.24, 2.45) is 0 Å².